The summed E-state index contributed by atoms with van der Waals surface area (Å²) in [6, 6.07) is 16.8. The largest absolute Gasteiger partial charge is 0.493 e. The molecule has 0 aliphatic rings. The Hall–Kier alpha value is -4.00. The van der Waals surface area contributed by atoms with Crippen molar-refractivity contribution < 1.29 is 23.4 Å². The topological polar surface area (TPSA) is 74.0 Å². The SMILES string of the molecule is COc1cc(-c2cc(C(=O)N(C)Cc3ccc(C)o3)c3ccccc3n2)cc(OC)c1OC. The fourth-order valence-corrected chi connectivity index (χ4v) is 3.81. The molecule has 0 fully saturated rings. The molecule has 0 aliphatic carbocycles. The highest BCUT2D eigenvalue weighted by Crippen LogP contribution is 2.41. The lowest BCUT2D eigenvalue weighted by Gasteiger charge is -2.18. The molecular weight excluding hydrogens is 420 g/mol. The van der Waals surface area contributed by atoms with E-state index in [0.29, 0.717) is 40.6 Å². The average molecular weight is 447 g/mol. The van der Waals surface area contributed by atoms with Crippen LogP contribution in [0.1, 0.15) is 21.9 Å². The number of pyridine rings is 1. The Labute approximate surface area is 192 Å². The molecule has 170 valence electrons. The summed E-state index contributed by atoms with van der Waals surface area (Å²) in [6.07, 6.45) is 0. The number of carbonyl (C=O) groups excluding carboxylic acids is 1. The van der Waals surface area contributed by atoms with Crippen LogP contribution in [0.3, 0.4) is 0 Å². The zero-order chi connectivity index (χ0) is 23.5. The molecule has 0 unspecified atom stereocenters. The Morgan fingerprint density at radius 1 is 0.970 bits per heavy atom. The lowest BCUT2D eigenvalue weighted by molar-refractivity contribution is 0.0777. The first kappa shape index (κ1) is 22.2. The number of aryl methyl sites for hydroxylation is 1. The van der Waals surface area contributed by atoms with Crippen LogP contribution in [-0.2, 0) is 6.54 Å². The molecule has 0 spiro atoms. The number of fused-ring (bicyclic) bond motifs is 1. The molecular formula is C26H26N2O5. The number of furan rings is 1. The van der Waals surface area contributed by atoms with Crippen LogP contribution < -0.4 is 14.2 Å². The van der Waals surface area contributed by atoms with Crippen LogP contribution in [-0.4, -0.2) is 44.2 Å². The molecule has 0 N–H and O–H groups in total. The maximum absolute atomic E-state index is 13.5. The predicted molar refractivity (Wildman–Crippen MR) is 126 cm³/mol. The zero-order valence-electron chi connectivity index (χ0n) is 19.3. The lowest BCUT2D eigenvalue weighted by Crippen LogP contribution is -2.26. The molecule has 4 aromatic rings. The smallest absolute Gasteiger partial charge is 0.254 e. The molecule has 2 heterocycles. The van der Waals surface area contributed by atoms with Crippen LogP contribution in [0.4, 0.5) is 0 Å². The summed E-state index contributed by atoms with van der Waals surface area (Å²) in [6.45, 7) is 2.24. The van der Waals surface area contributed by atoms with Crippen LogP contribution in [0.5, 0.6) is 17.2 Å². The molecule has 4 rings (SSSR count). The quantitative estimate of drug-likeness (QED) is 0.393. The Bertz CT molecular complexity index is 1290. The number of aromatic nitrogens is 1. The van der Waals surface area contributed by atoms with Crippen molar-refractivity contribution >= 4 is 16.8 Å². The Morgan fingerprint density at radius 3 is 2.27 bits per heavy atom. The molecule has 0 radical (unpaired) electrons. The third kappa shape index (κ3) is 4.35. The summed E-state index contributed by atoms with van der Waals surface area (Å²) in [5.41, 5.74) is 2.64. The minimum Gasteiger partial charge on any atom is -0.493 e. The highest BCUT2D eigenvalue weighted by atomic mass is 16.5. The lowest BCUT2D eigenvalue weighted by atomic mass is 10.0. The van der Waals surface area contributed by atoms with Gasteiger partial charge in [-0.1, -0.05) is 18.2 Å². The van der Waals surface area contributed by atoms with Crippen molar-refractivity contribution in [2.24, 2.45) is 0 Å². The number of carbonyl (C=O) groups is 1. The number of amides is 1. The number of hydrogen-bond donors (Lipinski definition) is 0. The molecule has 0 saturated heterocycles. The van der Waals surface area contributed by atoms with Crippen molar-refractivity contribution in [2.45, 2.75) is 13.5 Å². The second kappa shape index (κ2) is 9.24. The van der Waals surface area contributed by atoms with Gasteiger partial charge >= 0.3 is 0 Å². The van der Waals surface area contributed by atoms with Crippen molar-refractivity contribution in [1.29, 1.82) is 0 Å². The maximum Gasteiger partial charge on any atom is 0.254 e. The van der Waals surface area contributed by atoms with E-state index >= 15 is 0 Å². The first-order valence-electron chi connectivity index (χ1n) is 10.5. The highest BCUT2D eigenvalue weighted by Gasteiger charge is 2.20. The number of benzene rings is 2. The normalized spacial score (nSPS) is 10.8. The van der Waals surface area contributed by atoms with Crippen molar-refractivity contribution in [3.05, 3.63) is 71.7 Å². The standard InChI is InChI=1S/C26H26N2O5/c1-16-10-11-18(33-16)15-28(2)26(29)20-14-22(27-21-9-7-6-8-19(20)21)17-12-23(30-3)25(32-5)24(13-17)31-4/h6-14H,15H2,1-5H3. The Kier molecular flexibility index (Phi) is 6.22. The molecule has 7 nitrogen and oxygen atoms in total. The van der Waals surface area contributed by atoms with Crippen LogP contribution >= 0.6 is 0 Å². The van der Waals surface area contributed by atoms with Gasteiger partial charge in [-0.3, -0.25) is 4.79 Å². The molecule has 33 heavy (non-hydrogen) atoms. The number of rotatable bonds is 7. The van der Waals surface area contributed by atoms with Crippen LogP contribution in [0.15, 0.2) is 59.0 Å². The predicted octanol–water partition coefficient (Wildman–Crippen LogP) is 5.10. The molecule has 0 bridgehead atoms. The van der Waals surface area contributed by atoms with Crippen LogP contribution in [0.2, 0.25) is 0 Å². The number of methoxy groups -OCH3 is 3. The van der Waals surface area contributed by atoms with E-state index in [9.17, 15) is 4.79 Å². The second-order valence-corrected chi connectivity index (χ2v) is 7.66. The fraction of sp³-hybridized carbons (Fsp3) is 0.231. The number of hydrogen-bond acceptors (Lipinski definition) is 6. The van der Waals surface area contributed by atoms with Gasteiger partial charge in [0.25, 0.3) is 5.91 Å². The van der Waals surface area contributed by atoms with Gasteiger partial charge in [-0.25, -0.2) is 4.98 Å². The average Bonchev–Trinajstić information content (AvgIpc) is 3.25. The van der Waals surface area contributed by atoms with E-state index in [1.54, 1.807) is 39.3 Å². The summed E-state index contributed by atoms with van der Waals surface area (Å²) in [5.74, 6) is 2.93. The summed E-state index contributed by atoms with van der Waals surface area (Å²) in [4.78, 5) is 19.9. The van der Waals surface area contributed by atoms with Gasteiger partial charge in [-0.2, -0.15) is 0 Å². The molecule has 2 aromatic carbocycles. The molecule has 1 amide bonds. The minimum atomic E-state index is -0.128. The molecule has 0 aliphatic heterocycles. The van der Waals surface area contributed by atoms with E-state index in [0.717, 1.165) is 22.5 Å². The van der Waals surface area contributed by atoms with E-state index in [1.807, 2.05) is 55.5 Å². The second-order valence-electron chi connectivity index (χ2n) is 7.66. The van der Waals surface area contributed by atoms with Gasteiger partial charge in [0, 0.05) is 18.0 Å². The number of ether oxygens (including phenoxy) is 3. The third-order valence-corrected chi connectivity index (χ3v) is 5.44. The summed E-state index contributed by atoms with van der Waals surface area (Å²) in [5, 5.41) is 0.779. The van der Waals surface area contributed by atoms with E-state index < -0.39 is 0 Å². The van der Waals surface area contributed by atoms with Gasteiger partial charge in [-0.15, -0.1) is 0 Å². The van der Waals surface area contributed by atoms with Gasteiger partial charge < -0.3 is 23.5 Å². The van der Waals surface area contributed by atoms with Crippen molar-refractivity contribution in [1.82, 2.24) is 9.88 Å². The summed E-state index contributed by atoms with van der Waals surface area (Å²) in [7, 11) is 6.44. The van der Waals surface area contributed by atoms with Crippen molar-refractivity contribution in [2.75, 3.05) is 28.4 Å². The zero-order valence-corrected chi connectivity index (χ0v) is 19.3. The van der Waals surface area contributed by atoms with Gasteiger partial charge in [0.2, 0.25) is 5.75 Å². The minimum absolute atomic E-state index is 0.128. The van der Waals surface area contributed by atoms with Crippen molar-refractivity contribution in [3.63, 3.8) is 0 Å². The molecule has 0 atom stereocenters. The summed E-state index contributed by atoms with van der Waals surface area (Å²) >= 11 is 0. The third-order valence-electron chi connectivity index (χ3n) is 5.44. The first-order chi connectivity index (χ1) is 15.9. The maximum atomic E-state index is 13.5. The summed E-state index contributed by atoms with van der Waals surface area (Å²) < 4.78 is 22.1. The van der Waals surface area contributed by atoms with E-state index in [2.05, 4.69) is 0 Å². The van der Waals surface area contributed by atoms with Crippen LogP contribution in [0, 0.1) is 6.92 Å². The van der Waals surface area contributed by atoms with Gasteiger partial charge in [0.15, 0.2) is 11.5 Å². The van der Waals surface area contributed by atoms with Gasteiger partial charge in [-0.05, 0) is 43.3 Å². The first-order valence-corrected chi connectivity index (χ1v) is 10.5. The van der Waals surface area contributed by atoms with Gasteiger partial charge in [0.05, 0.1) is 44.6 Å². The van der Waals surface area contributed by atoms with E-state index in [-0.39, 0.29) is 5.91 Å². The molecule has 0 saturated carbocycles. The highest BCUT2D eigenvalue weighted by molar-refractivity contribution is 6.07. The van der Waals surface area contributed by atoms with E-state index in [4.69, 9.17) is 23.6 Å². The monoisotopic (exact) mass is 446 g/mol. The molecule has 2 aromatic heterocycles. The van der Waals surface area contributed by atoms with Crippen LogP contribution in [0.25, 0.3) is 22.2 Å². The fourth-order valence-electron chi connectivity index (χ4n) is 3.81. The Balaban J connectivity index is 1.81. The number of nitrogens with zero attached hydrogens (tertiary/aromatic N) is 2. The van der Waals surface area contributed by atoms with Gasteiger partial charge in [0.1, 0.15) is 11.5 Å². The number of para-hydroxylation sites is 1. The van der Waals surface area contributed by atoms with Crippen molar-refractivity contribution in [3.8, 4) is 28.5 Å². The van der Waals surface area contributed by atoms with E-state index in [1.165, 1.54) is 0 Å². The molecule has 7 heteroatoms. The Morgan fingerprint density at radius 2 is 1.67 bits per heavy atom.